The molecule has 0 saturated heterocycles. The minimum Gasteiger partial charge on any atom is -0.340 e. The second kappa shape index (κ2) is 12.7. The topological polar surface area (TPSA) is 20.3 Å². The molecule has 122 valence electrons. The van der Waals surface area contributed by atoms with Gasteiger partial charge in [-0.15, -0.1) is 0 Å². The van der Waals surface area contributed by atoms with Crippen molar-refractivity contribution in [2.75, 3.05) is 6.54 Å². The molecule has 0 aliphatic heterocycles. The molecule has 2 nitrogen and oxygen atoms in total. The third-order valence-electron chi connectivity index (χ3n) is 3.95. The molecule has 0 fully saturated rings. The molecule has 1 aliphatic rings. The molecule has 0 spiro atoms. The van der Waals surface area contributed by atoms with E-state index in [9.17, 15) is 4.79 Å². The summed E-state index contributed by atoms with van der Waals surface area (Å²) in [5.74, 6) is 0.301. The van der Waals surface area contributed by atoms with Gasteiger partial charge in [0.25, 0.3) is 0 Å². The van der Waals surface area contributed by atoms with Crippen molar-refractivity contribution >= 4 is 5.91 Å². The van der Waals surface area contributed by atoms with Crippen LogP contribution in [-0.4, -0.2) is 23.4 Å². The molecule has 1 aliphatic carbocycles. The molecule has 0 aromatic carbocycles. The molecule has 0 aromatic heterocycles. The summed E-state index contributed by atoms with van der Waals surface area (Å²) in [7, 11) is 0. The molecule has 2 heteroatoms. The predicted molar refractivity (Wildman–Crippen MR) is 93.4 cm³/mol. The Morgan fingerprint density at radius 2 is 1.95 bits per heavy atom. The molecule has 0 saturated carbocycles. The maximum absolute atomic E-state index is 11.6. The zero-order valence-corrected chi connectivity index (χ0v) is 14.8. The number of unbranched alkanes of at least 4 members (excludes halogenated alkanes) is 1. The van der Waals surface area contributed by atoms with E-state index in [2.05, 4.69) is 45.9 Å². The normalized spacial score (nSPS) is 14.8. The van der Waals surface area contributed by atoms with Crippen LogP contribution < -0.4 is 0 Å². The zero-order chi connectivity index (χ0) is 16.1. The van der Waals surface area contributed by atoms with Crippen LogP contribution in [0.2, 0.25) is 0 Å². The Labute approximate surface area is 132 Å². The Morgan fingerprint density at radius 3 is 2.29 bits per heavy atom. The van der Waals surface area contributed by atoms with Crippen molar-refractivity contribution in [2.24, 2.45) is 0 Å². The standard InChI is InChI=1S/C12H25NO.C7H10/c1-5-9-10-11(6-2)13(8-4)12(14)7-3;1-7-5-3-2-4-6-7/h11H,5-10H2,1-4H3;3,5-6H,2,4H2,1H3. The smallest absolute Gasteiger partial charge is 0.222 e. The van der Waals surface area contributed by atoms with Crippen molar-refractivity contribution < 1.29 is 4.79 Å². The number of rotatable bonds is 7. The van der Waals surface area contributed by atoms with Crippen LogP contribution >= 0.6 is 0 Å². The summed E-state index contributed by atoms with van der Waals surface area (Å²) in [4.78, 5) is 13.7. The summed E-state index contributed by atoms with van der Waals surface area (Å²) in [6, 6.07) is 0.465. The molecule has 1 atom stereocenters. The van der Waals surface area contributed by atoms with Crippen LogP contribution in [0.25, 0.3) is 0 Å². The molecule has 21 heavy (non-hydrogen) atoms. The number of carbonyl (C=O) groups excluding carboxylic acids is 1. The van der Waals surface area contributed by atoms with Crippen molar-refractivity contribution in [3.8, 4) is 0 Å². The lowest BCUT2D eigenvalue weighted by atomic mass is 10.1. The van der Waals surface area contributed by atoms with E-state index in [0.717, 1.165) is 19.4 Å². The first kappa shape index (κ1) is 19.9. The van der Waals surface area contributed by atoms with E-state index >= 15 is 0 Å². The fraction of sp³-hybridized carbons (Fsp3) is 0.737. The van der Waals surface area contributed by atoms with Crippen molar-refractivity contribution in [1.82, 2.24) is 4.90 Å². The van der Waals surface area contributed by atoms with Crippen molar-refractivity contribution in [3.63, 3.8) is 0 Å². The van der Waals surface area contributed by atoms with Gasteiger partial charge in [-0.1, -0.05) is 57.4 Å². The molecule has 0 radical (unpaired) electrons. The van der Waals surface area contributed by atoms with E-state index in [-0.39, 0.29) is 0 Å². The van der Waals surface area contributed by atoms with E-state index in [4.69, 9.17) is 0 Å². The zero-order valence-electron chi connectivity index (χ0n) is 14.8. The average Bonchev–Trinajstić information content (AvgIpc) is 2.52. The minimum absolute atomic E-state index is 0.301. The van der Waals surface area contributed by atoms with Gasteiger partial charge in [-0.2, -0.15) is 0 Å². The molecule has 0 bridgehead atoms. The van der Waals surface area contributed by atoms with Gasteiger partial charge in [0.15, 0.2) is 0 Å². The third-order valence-corrected chi connectivity index (χ3v) is 3.95. The number of allylic oxidation sites excluding steroid dienone is 4. The summed E-state index contributed by atoms with van der Waals surface area (Å²) in [6.07, 6.45) is 14.4. The number of nitrogens with zero attached hydrogens (tertiary/aromatic N) is 1. The first-order valence-electron chi connectivity index (χ1n) is 8.73. The van der Waals surface area contributed by atoms with Gasteiger partial charge in [0.2, 0.25) is 5.91 Å². The maximum Gasteiger partial charge on any atom is 0.222 e. The van der Waals surface area contributed by atoms with Crippen molar-refractivity contribution in [3.05, 3.63) is 23.8 Å². The summed E-state index contributed by atoms with van der Waals surface area (Å²) < 4.78 is 0. The number of hydrogen-bond donors (Lipinski definition) is 0. The Bertz CT molecular complexity index is 330. The monoisotopic (exact) mass is 293 g/mol. The van der Waals surface area contributed by atoms with Gasteiger partial charge < -0.3 is 4.90 Å². The Hall–Kier alpha value is -1.05. The van der Waals surface area contributed by atoms with Crippen LogP contribution in [0.3, 0.4) is 0 Å². The van der Waals surface area contributed by atoms with Crippen LogP contribution in [0.5, 0.6) is 0 Å². The summed E-state index contributed by atoms with van der Waals surface area (Å²) in [6.45, 7) is 11.4. The van der Waals surface area contributed by atoms with Gasteiger partial charge in [-0.05, 0) is 39.5 Å². The minimum atomic E-state index is 0.301. The molecular formula is C19H35NO. The SMILES string of the molecule is CC1=CCCC=C1.CCCCC(CC)N(CC)C(=O)CC. The van der Waals surface area contributed by atoms with Gasteiger partial charge in [-0.25, -0.2) is 0 Å². The maximum atomic E-state index is 11.6. The number of hydrogen-bond acceptors (Lipinski definition) is 1. The Balaban J connectivity index is 0.000000471. The predicted octanol–water partition coefficient (Wildman–Crippen LogP) is 5.50. The van der Waals surface area contributed by atoms with E-state index in [1.807, 2.05) is 11.8 Å². The summed E-state index contributed by atoms with van der Waals surface area (Å²) in [5.41, 5.74) is 1.41. The summed E-state index contributed by atoms with van der Waals surface area (Å²) >= 11 is 0. The molecule has 0 heterocycles. The van der Waals surface area contributed by atoms with Gasteiger partial charge in [0.1, 0.15) is 0 Å². The fourth-order valence-corrected chi connectivity index (χ4v) is 2.61. The molecule has 1 rings (SSSR count). The van der Waals surface area contributed by atoms with Crippen LogP contribution in [0.4, 0.5) is 0 Å². The molecule has 1 amide bonds. The number of amides is 1. The Morgan fingerprint density at radius 1 is 1.24 bits per heavy atom. The molecule has 1 unspecified atom stereocenters. The average molecular weight is 293 g/mol. The number of carbonyl (C=O) groups is 1. The molecule has 0 N–H and O–H groups in total. The van der Waals surface area contributed by atoms with Gasteiger partial charge >= 0.3 is 0 Å². The van der Waals surface area contributed by atoms with Crippen molar-refractivity contribution in [2.45, 2.75) is 85.6 Å². The van der Waals surface area contributed by atoms with Crippen molar-refractivity contribution in [1.29, 1.82) is 0 Å². The molecule has 0 aromatic rings. The van der Waals surface area contributed by atoms with Crippen LogP contribution in [0, 0.1) is 0 Å². The fourth-order valence-electron chi connectivity index (χ4n) is 2.61. The molecular weight excluding hydrogens is 258 g/mol. The van der Waals surface area contributed by atoms with Gasteiger partial charge in [0, 0.05) is 19.0 Å². The van der Waals surface area contributed by atoms with E-state index in [1.54, 1.807) is 0 Å². The first-order chi connectivity index (χ1) is 10.1. The summed E-state index contributed by atoms with van der Waals surface area (Å²) in [5, 5.41) is 0. The second-order valence-corrected chi connectivity index (χ2v) is 5.67. The highest BCUT2D eigenvalue weighted by Crippen LogP contribution is 2.13. The second-order valence-electron chi connectivity index (χ2n) is 5.67. The van der Waals surface area contributed by atoms with E-state index in [0.29, 0.717) is 18.4 Å². The Kier molecular flexibility index (Phi) is 12.0. The van der Waals surface area contributed by atoms with Gasteiger partial charge in [-0.3, -0.25) is 4.79 Å². The highest BCUT2D eigenvalue weighted by atomic mass is 16.2. The lowest BCUT2D eigenvalue weighted by molar-refractivity contribution is -0.133. The van der Waals surface area contributed by atoms with Gasteiger partial charge in [0.05, 0.1) is 0 Å². The quantitative estimate of drug-likeness (QED) is 0.607. The lowest BCUT2D eigenvalue weighted by Crippen LogP contribution is -2.39. The van der Waals surface area contributed by atoms with Crippen LogP contribution in [-0.2, 0) is 4.79 Å². The van der Waals surface area contributed by atoms with E-state index < -0.39 is 0 Å². The lowest BCUT2D eigenvalue weighted by Gasteiger charge is -2.30. The first-order valence-corrected chi connectivity index (χ1v) is 8.73. The van der Waals surface area contributed by atoms with Crippen LogP contribution in [0.1, 0.15) is 79.6 Å². The highest BCUT2D eigenvalue weighted by molar-refractivity contribution is 5.76. The van der Waals surface area contributed by atoms with E-state index in [1.165, 1.54) is 31.3 Å². The highest BCUT2D eigenvalue weighted by Gasteiger charge is 2.18. The third kappa shape index (κ3) is 8.75. The van der Waals surface area contributed by atoms with Crippen LogP contribution in [0.15, 0.2) is 23.8 Å². The largest absolute Gasteiger partial charge is 0.340 e.